The van der Waals surface area contributed by atoms with Crippen molar-refractivity contribution in [2.24, 2.45) is 0 Å². The van der Waals surface area contributed by atoms with E-state index in [9.17, 15) is 10.5 Å². The van der Waals surface area contributed by atoms with Crippen LogP contribution in [0.3, 0.4) is 0 Å². The molecule has 2 fully saturated rings. The van der Waals surface area contributed by atoms with Gasteiger partial charge in [-0.25, -0.2) is 4.98 Å². The molecule has 0 radical (unpaired) electrons. The molecule has 2 aliphatic rings. The van der Waals surface area contributed by atoms with E-state index >= 15 is 0 Å². The maximum Gasteiger partial charge on any atom is 0.247 e. The Morgan fingerprint density at radius 3 is 2.81 bits per heavy atom. The van der Waals surface area contributed by atoms with Crippen LogP contribution < -0.4 is 15.5 Å². The van der Waals surface area contributed by atoms with Gasteiger partial charge < -0.3 is 20.3 Å². The highest BCUT2D eigenvalue weighted by molar-refractivity contribution is 6.36. The van der Waals surface area contributed by atoms with Crippen LogP contribution in [-0.4, -0.2) is 76.0 Å². The molecule has 2 aliphatic heterocycles. The van der Waals surface area contributed by atoms with E-state index in [4.69, 9.17) is 16.3 Å². The third-order valence-corrected chi connectivity index (χ3v) is 7.91. The summed E-state index contributed by atoms with van der Waals surface area (Å²) in [6, 6.07) is 7.82. The maximum absolute atomic E-state index is 9.78. The Kier molecular flexibility index (Phi) is 6.78. The Morgan fingerprint density at radius 2 is 2.08 bits per heavy atom. The van der Waals surface area contributed by atoms with Crippen molar-refractivity contribution in [3.05, 3.63) is 34.6 Å². The first kappa shape index (κ1) is 25.0. The highest BCUT2D eigenvalue weighted by atomic mass is 35.5. The fraction of sp³-hybridized carbons (Fsp3) is 0.480. The summed E-state index contributed by atoms with van der Waals surface area (Å²) >= 11 is 6.94. The number of benzene rings is 1. The zero-order chi connectivity index (χ0) is 26.2. The van der Waals surface area contributed by atoms with Gasteiger partial charge in [-0.3, -0.25) is 4.90 Å². The van der Waals surface area contributed by atoms with Crippen LogP contribution in [0.25, 0.3) is 5.65 Å². The van der Waals surface area contributed by atoms with Crippen molar-refractivity contribution in [3.8, 4) is 12.1 Å². The van der Waals surface area contributed by atoms with Crippen molar-refractivity contribution in [1.82, 2.24) is 24.5 Å². The smallest absolute Gasteiger partial charge is 0.247 e. The molecule has 1 aromatic carbocycles. The van der Waals surface area contributed by atoms with E-state index in [1.165, 1.54) is 10.7 Å². The number of nitriles is 2. The molecule has 2 aromatic heterocycles. The molecule has 37 heavy (non-hydrogen) atoms. The number of hydrogen-bond acceptors (Lipinski definition) is 10. The second-order valence-corrected chi connectivity index (χ2v) is 9.71. The standard InChI is InChI=1S/C25H29ClN10O/c1-4-25-6-7-35(15-20(25)37-9-8-34(25)3)19-11-16(12-27)10-18(21(19)26)31-24-32-22(29-5-2)23-30-14-17(13-28)36(23)33-24/h10-11,14,20H,4-9,15H2,1-3H3,(H2,29,31,32,33)/t20-,25-/m1/s1. The molecule has 3 aromatic rings. The van der Waals surface area contributed by atoms with E-state index in [1.54, 1.807) is 6.07 Å². The fourth-order valence-electron chi connectivity index (χ4n) is 5.46. The molecule has 2 saturated heterocycles. The number of likely N-dealkylation sites (N-methyl/N-ethyl adjacent to an activating group) is 1. The minimum Gasteiger partial charge on any atom is -0.373 e. The number of rotatable bonds is 6. The lowest BCUT2D eigenvalue weighted by Gasteiger charge is -2.55. The van der Waals surface area contributed by atoms with Crippen LogP contribution >= 0.6 is 11.6 Å². The Labute approximate surface area is 220 Å². The van der Waals surface area contributed by atoms with Gasteiger partial charge in [-0.1, -0.05) is 18.5 Å². The van der Waals surface area contributed by atoms with Crippen molar-refractivity contribution in [2.45, 2.75) is 38.3 Å². The highest BCUT2D eigenvalue weighted by Crippen LogP contribution is 2.41. The first-order valence-electron chi connectivity index (χ1n) is 12.4. The average Bonchev–Trinajstić information content (AvgIpc) is 3.33. The van der Waals surface area contributed by atoms with Gasteiger partial charge in [-0.2, -0.15) is 20.0 Å². The summed E-state index contributed by atoms with van der Waals surface area (Å²) in [4.78, 5) is 13.4. The summed E-state index contributed by atoms with van der Waals surface area (Å²) in [6.07, 6.45) is 3.44. The second kappa shape index (κ2) is 10.0. The maximum atomic E-state index is 9.78. The summed E-state index contributed by atoms with van der Waals surface area (Å²) in [7, 11) is 2.18. The van der Waals surface area contributed by atoms with Crippen LogP contribution in [0.4, 0.5) is 23.1 Å². The molecule has 0 amide bonds. The largest absolute Gasteiger partial charge is 0.373 e. The summed E-state index contributed by atoms with van der Waals surface area (Å²) in [5, 5.41) is 30.5. The van der Waals surface area contributed by atoms with Gasteiger partial charge in [0.2, 0.25) is 5.95 Å². The number of imidazole rings is 1. The first-order valence-corrected chi connectivity index (χ1v) is 12.8. The number of piperidine rings is 1. The van der Waals surface area contributed by atoms with Crippen molar-refractivity contribution in [2.75, 3.05) is 55.4 Å². The molecule has 192 valence electrons. The summed E-state index contributed by atoms with van der Waals surface area (Å²) in [5.74, 6) is 0.710. The molecule has 0 saturated carbocycles. The van der Waals surface area contributed by atoms with E-state index < -0.39 is 0 Å². The van der Waals surface area contributed by atoms with E-state index in [0.717, 1.165) is 31.6 Å². The molecule has 0 spiro atoms. The number of fused-ring (bicyclic) bond motifs is 2. The number of ether oxygens (including phenoxy) is 1. The second-order valence-electron chi connectivity index (χ2n) is 9.33. The van der Waals surface area contributed by atoms with Gasteiger partial charge in [0.25, 0.3) is 0 Å². The SMILES string of the molecule is CCNc1nc(Nc2cc(C#N)cc(N3CC[C@]4(CC)[C@@H](C3)OCCN4C)c2Cl)nn2c(C#N)cnc12. The Hall–Kier alpha value is -3.64. The van der Waals surface area contributed by atoms with Crippen LogP contribution in [0.15, 0.2) is 18.3 Å². The average molecular weight is 521 g/mol. The number of nitrogens with zero attached hydrogens (tertiary/aromatic N) is 8. The summed E-state index contributed by atoms with van der Waals surface area (Å²) < 4.78 is 7.68. The molecular weight excluding hydrogens is 492 g/mol. The van der Waals surface area contributed by atoms with Gasteiger partial charge in [-0.05, 0) is 38.9 Å². The summed E-state index contributed by atoms with van der Waals surface area (Å²) in [6.45, 7) is 7.87. The minimum atomic E-state index is 0.00429. The van der Waals surface area contributed by atoms with Crippen molar-refractivity contribution < 1.29 is 4.74 Å². The third kappa shape index (κ3) is 4.29. The van der Waals surface area contributed by atoms with E-state index in [2.05, 4.69) is 61.6 Å². The van der Waals surface area contributed by atoms with Gasteiger partial charge in [0.05, 0.1) is 52.5 Å². The molecule has 12 heteroatoms. The number of aromatic nitrogens is 4. The monoisotopic (exact) mass is 520 g/mol. The normalized spacial score (nSPS) is 21.8. The molecular formula is C25H29ClN10O. The zero-order valence-electron chi connectivity index (χ0n) is 21.1. The lowest BCUT2D eigenvalue weighted by Crippen LogP contribution is -2.67. The van der Waals surface area contributed by atoms with Crippen LogP contribution in [0.5, 0.6) is 0 Å². The number of hydrogen-bond donors (Lipinski definition) is 2. The third-order valence-electron chi connectivity index (χ3n) is 7.51. The van der Waals surface area contributed by atoms with Crippen molar-refractivity contribution in [3.63, 3.8) is 0 Å². The Balaban J connectivity index is 1.50. The molecule has 0 bridgehead atoms. The van der Waals surface area contributed by atoms with Crippen LogP contribution in [-0.2, 0) is 4.74 Å². The molecule has 0 aliphatic carbocycles. The Morgan fingerprint density at radius 1 is 1.24 bits per heavy atom. The lowest BCUT2D eigenvalue weighted by molar-refractivity contribution is -0.126. The molecule has 0 unspecified atom stereocenters. The summed E-state index contributed by atoms with van der Waals surface area (Å²) in [5.41, 5.74) is 2.46. The molecule has 2 N–H and O–H groups in total. The van der Waals surface area contributed by atoms with Gasteiger partial charge in [0, 0.05) is 26.2 Å². The van der Waals surface area contributed by atoms with E-state index in [-0.39, 0.29) is 23.3 Å². The van der Waals surface area contributed by atoms with Gasteiger partial charge in [-0.15, -0.1) is 5.10 Å². The first-order chi connectivity index (χ1) is 17.9. The number of morpholine rings is 1. The predicted molar refractivity (Wildman–Crippen MR) is 141 cm³/mol. The van der Waals surface area contributed by atoms with Crippen LogP contribution in [0.2, 0.25) is 5.02 Å². The van der Waals surface area contributed by atoms with Crippen molar-refractivity contribution >= 4 is 40.4 Å². The van der Waals surface area contributed by atoms with Crippen molar-refractivity contribution in [1.29, 1.82) is 10.5 Å². The fourth-order valence-corrected chi connectivity index (χ4v) is 5.73. The molecule has 2 atom stereocenters. The van der Waals surface area contributed by atoms with Crippen LogP contribution in [0, 0.1) is 22.7 Å². The molecule has 5 rings (SSSR count). The van der Waals surface area contributed by atoms with Gasteiger partial charge in [0.15, 0.2) is 17.2 Å². The van der Waals surface area contributed by atoms with Gasteiger partial charge >= 0.3 is 0 Å². The highest BCUT2D eigenvalue weighted by Gasteiger charge is 2.47. The number of halogens is 1. The van der Waals surface area contributed by atoms with Gasteiger partial charge in [0.1, 0.15) is 6.07 Å². The predicted octanol–water partition coefficient (Wildman–Crippen LogP) is 3.39. The van der Waals surface area contributed by atoms with E-state index in [0.29, 0.717) is 47.4 Å². The zero-order valence-corrected chi connectivity index (χ0v) is 21.9. The lowest BCUT2D eigenvalue weighted by atomic mass is 9.79. The number of anilines is 4. The topological polar surface area (TPSA) is 130 Å². The van der Waals surface area contributed by atoms with Crippen LogP contribution in [0.1, 0.15) is 37.9 Å². The molecule has 4 heterocycles. The quantitative estimate of drug-likeness (QED) is 0.498. The Bertz CT molecular complexity index is 1410. The number of nitrogens with one attached hydrogen (secondary N) is 2. The molecule has 11 nitrogen and oxygen atoms in total. The minimum absolute atomic E-state index is 0.00429. The van der Waals surface area contributed by atoms with E-state index in [1.807, 2.05) is 13.0 Å².